The fraction of sp³-hybridized carbons (Fsp3) is 0.739. The normalized spacial score (nSPS) is 23.3. The van der Waals surface area contributed by atoms with Gasteiger partial charge in [-0.05, 0) is 50.5 Å². The summed E-state index contributed by atoms with van der Waals surface area (Å²) in [7, 11) is 1.43. The molecule has 0 aromatic heterocycles. The molecule has 0 aromatic carbocycles. The second-order valence-corrected chi connectivity index (χ2v) is 7.85. The number of carbonyl (C=O) groups is 2. The van der Waals surface area contributed by atoms with E-state index in [-0.39, 0.29) is 36.8 Å². The minimum absolute atomic E-state index is 0.0348. The third-order valence-corrected chi connectivity index (χ3v) is 5.48. The number of ketones is 1. The third-order valence-electron chi connectivity index (χ3n) is 5.48. The van der Waals surface area contributed by atoms with Crippen molar-refractivity contribution in [3.05, 3.63) is 24.5 Å². The van der Waals surface area contributed by atoms with Crippen LogP contribution < -0.4 is 0 Å². The molecule has 0 heterocycles. The summed E-state index contributed by atoms with van der Waals surface area (Å²) in [4.78, 5) is 23.3. The van der Waals surface area contributed by atoms with Crippen molar-refractivity contribution < 1.29 is 29.3 Å². The van der Waals surface area contributed by atoms with Crippen molar-refractivity contribution in [3.63, 3.8) is 0 Å². The zero-order chi connectivity index (χ0) is 21.5. The predicted octanol–water partition coefficient (Wildman–Crippen LogP) is 3.70. The maximum absolute atomic E-state index is 12.3. The smallest absolute Gasteiger partial charge is 0.336 e. The van der Waals surface area contributed by atoms with Gasteiger partial charge in [0.2, 0.25) is 0 Å². The monoisotopic (exact) mass is 410 g/mol. The fourth-order valence-corrected chi connectivity index (χ4v) is 3.89. The molecule has 1 fully saturated rings. The Bertz CT molecular complexity index is 527. The molecule has 0 amide bonds. The highest BCUT2D eigenvalue weighted by Gasteiger charge is 2.40. The van der Waals surface area contributed by atoms with E-state index in [2.05, 4.69) is 11.7 Å². The van der Waals surface area contributed by atoms with Gasteiger partial charge in [-0.1, -0.05) is 38.3 Å². The quantitative estimate of drug-likeness (QED) is 0.185. The highest BCUT2D eigenvalue weighted by molar-refractivity contribution is 5.84. The first-order valence-corrected chi connectivity index (χ1v) is 10.9. The van der Waals surface area contributed by atoms with Gasteiger partial charge in [0.15, 0.2) is 0 Å². The van der Waals surface area contributed by atoms with Gasteiger partial charge in [0.25, 0.3) is 0 Å². The lowest BCUT2D eigenvalue weighted by atomic mass is 9.85. The average molecular weight is 411 g/mol. The largest absolute Gasteiger partial charge is 0.433 e. The summed E-state index contributed by atoms with van der Waals surface area (Å²) in [6.45, 7) is 2.06. The fourth-order valence-electron chi connectivity index (χ4n) is 3.89. The first kappa shape index (κ1) is 25.5. The molecule has 166 valence electrons. The van der Waals surface area contributed by atoms with Gasteiger partial charge in [0.1, 0.15) is 12.4 Å². The summed E-state index contributed by atoms with van der Waals surface area (Å²) < 4.78 is 9.45. The van der Waals surface area contributed by atoms with E-state index in [1.54, 1.807) is 12.2 Å². The summed E-state index contributed by atoms with van der Waals surface area (Å²) in [6.07, 6.45) is 13.9. The number of methoxy groups -OCH3 is 1. The van der Waals surface area contributed by atoms with Crippen molar-refractivity contribution >= 4 is 11.8 Å². The molecule has 1 rings (SSSR count). The van der Waals surface area contributed by atoms with Crippen molar-refractivity contribution in [2.24, 2.45) is 11.8 Å². The molecule has 0 spiro atoms. The Labute approximate surface area is 175 Å². The summed E-state index contributed by atoms with van der Waals surface area (Å²) in [6, 6.07) is 0. The van der Waals surface area contributed by atoms with Gasteiger partial charge in [0, 0.05) is 19.4 Å². The van der Waals surface area contributed by atoms with Crippen LogP contribution in [0, 0.1) is 11.8 Å². The lowest BCUT2D eigenvalue weighted by Crippen LogP contribution is -2.22. The molecule has 1 saturated carbocycles. The van der Waals surface area contributed by atoms with Crippen LogP contribution in [-0.2, 0) is 19.1 Å². The molecular formula is C23H38O6. The molecule has 29 heavy (non-hydrogen) atoms. The van der Waals surface area contributed by atoms with Gasteiger partial charge >= 0.3 is 5.97 Å². The van der Waals surface area contributed by atoms with Crippen LogP contribution >= 0.6 is 0 Å². The number of hydrogen-bond donors (Lipinski definition) is 2. The van der Waals surface area contributed by atoms with Crippen LogP contribution in [0.1, 0.15) is 71.1 Å². The van der Waals surface area contributed by atoms with Gasteiger partial charge in [-0.25, -0.2) is 4.79 Å². The van der Waals surface area contributed by atoms with Crippen LogP contribution in [0.3, 0.4) is 0 Å². The number of rotatable bonds is 15. The molecule has 1 aliphatic rings. The van der Waals surface area contributed by atoms with Gasteiger partial charge in [-0.2, -0.15) is 0 Å². The van der Waals surface area contributed by atoms with Crippen molar-refractivity contribution in [3.8, 4) is 0 Å². The lowest BCUT2D eigenvalue weighted by molar-refractivity contribution is -0.142. The van der Waals surface area contributed by atoms with E-state index in [1.807, 2.05) is 6.08 Å². The van der Waals surface area contributed by atoms with E-state index < -0.39 is 12.1 Å². The first-order chi connectivity index (χ1) is 14.0. The zero-order valence-corrected chi connectivity index (χ0v) is 17.9. The Morgan fingerprint density at radius 3 is 2.72 bits per heavy atom. The third kappa shape index (κ3) is 10.7. The molecule has 0 aromatic rings. The molecule has 6 nitrogen and oxygen atoms in total. The van der Waals surface area contributed by atoms with Crippen molar-refractivity contribution in [2.45, 2.75) is 83.3 Å². The Kier molecular flexibility index (Phi) is 13.5. The molecule has 2 N–H and O–H groups in total. The SMILES string of the molecule is CCCCC[C@H](O)CC[C@H]1[C@H](O)CC(=O)[C@@H]1CCC/C=C/C=C/OC(=O)COC. The topological polar surface area (TPSA) is 93.1 Å². The highest BCUT2D eigenvalue weighted by Crippen LogP contribution is 2.36. The number of aliphatic hydroxyl groups is 2. The number of allylic oxidation sites excluding steroid dienone is 3. The first-order valence-electron chi connectivity index (χ1n) is 10.9. The Morgan fingerprint density at radius 1 is 1.21 bits per heavy atom. The summed E-state index contributed by atoms with van der Waals surface area (Å²) in [5, 5.41) is 20.4. The van der Waals surface area contributed by atoms with Crippen molar-refractivity contribution in [1.82, 2.24) is 0 Å². The molecule has 0 bridgehead atoms. The number of aliphatic hydroxyl groups excluding tert-OH is 2. The Hall–Kier alpha value is -1.50. The van der Waals surface area contributed by atoms with Crippen LogP contribution in [0.15, 0.2) is 24.5 Å². The molecular weight excluding hydrogens is 372 g/mol. The highest BCUT2D eigenvalue weighted by atomic mass is 16.6. The maximum Gasteiger partial charge on any atom is 0.336 e. The van der Waals surface area contributed by atoms with Crippen LogP contribution in [0.2, 0.25) is 0 Å². The average Bonchev–Trinajstić information content (AvgIpc) is 2.95. The number of unbranched alkanes of at least 4 members (excludes halogenated alkanes) is 3. The summed E-state index contributed by atoms with van der Waals surface area (Å²) in [5.74, 6) is -0.437. The standard InChI is InChI=1S/C23H38O6/c1-3-4-8-11-18(24)13-14-20-19(21(25)16-22(20)26)12-9-6-5-7-10-15-29-23(27)17-28-2/h5,7,10,15,18-20,22,24,26H,3-4,6,8-9,11-14,16-17H2,1-2H3/b7-5+,15-10+/t18-,19+,20+,22+/m0/s1. The van der Waals surface area contributed by atoms with Crippen LogP contribution in [0.25, 0.3) is 0 Å². The predicted molar refractivity (Wildman–Crippen MR) is 112 cm³/mol. The number of hydrogen-bond acceptors (Lipinski definition) is 6. The van der Waals surface area contributed by atoms with Crippen LogP contribution in [-0.4, -0.2) is 47.9 Å². The zero-order valence-electron chi connectivity index (χ0n) is 17.9. The van der Waals surface area contributed by atoms with Crippen LogP contribution in [0.5, 0.6) is 0 Å². The second kappa shape index (κ2) is 15.4. The molecule has 6 heteroatoms. The Morgan fingerprint density at radius 2 is 2.00 bits per heavy atom. The maximum atomic E-state index is 12.3. The number of ether oxygens (including phenoxy) is 2. The molecule has 0 aliphatic heterocycles. The summed E-state index contributed by atoms with van der Waals surface area (Å²) in [5.41, 5.74) is 0. The van der Waals surface area contributed by atoms with E-state index in [0.29, 0.717) is 12.8 Å². The minimum Gasteiger partial charge on any atom is -0.433 e. The van der Waals surface area contributed by atoms with E-state index in [9.17, 15) is 19.8 Å². The Balaban J connectivity index is 2.31. The van der Waals surface area contributed by atoms with Crippen LogP contribution in [0.4, 0.5) is 0 Å². The number of carbonyl (C=O) groups excluding carboxylic acids is 2. The minimum atomic E-state index is -0.574. The molecule has 0 unspecified atom stereocenters. The lowest BCUT2D eigenvalue weighted by Gasteiger charge is -2.22. The van der Waals surface area contributed by atoms with E-state index in [4.69, 9.17) is 4.74 Å². The molecule has 4 atom stereocenters. The van der Waals surface area contributed by atoms with Gasteiger partial charge in [-0.3, -0.25) is 4.79 Å². The number of esters is 1. The van der Waals surface area contributed by atoms with Gasteiger partial charge in [0.05, 0.1) is 18.5 Å². The molecule has 0 saturated heterocycles. The number of Topliss-reactive ketones (excluding diaryl/α,β-unsaturated/α-hetero) is 1. The summed E-state index contributed by atoms with van der Waals surface area (Å²) >= 11 is 0. The van der Waals surface area contributed by atoms with E-state index in [1.165, 1.54) is 13.4 Å². The van der Waals surface area contributed by atoms with E-state index in [0.717, 1.165) is 44.9 Å². The molecule has 1 aliphatic carbocycles. The second-order valence-electron chi connectivity index (χ2n) is 7.85. The van der Waals surface area contributed by atoms with Crippen molar-refractivity contribution in [2.75, 3.05) is 13.7 Å². The molecule has 0 radical (unpaired) electrons. The van der Waals surface area contributed by atoms with Gasteiger partial charge in [-0.15, -0.1) is 0 Å². The van der Waals surface area contributed by atoms with Crippen molar-refractivity contribution in [1.29, 1.82) is 0 Å². The van der Waals surface area contributed by atoms with E-state index >= 15 is 0 Å². The van der Waals surface area contributed by atoms with Gasteiger partial charge < -0.3 is 19.7 Å².